The molecule has 4 rings (SSSR count). The number of aliphatic carboxylic acids is 1. The summed E-state index contributed by atoms with van der Waals surface area (Å²) >= 11 is 0. The number of hydrogen-bond acceptors (Lipinski definition) is 5. The fraction of sp³-hybridized carbons (Fsp3) is 0.379. The summed E-state index contributed by atoms with van der Waals surface area (Å²) in [6.45, 7) is 4.89. The van der Waals surface area contributed by atoms with Crippen LogP contribution in [-0.4, -0.2) is 69.0 Å². The molecule has 1 aliphatic heterocycles. The maximum absolute atomic E-state index is 13.2. The van der Waals surface area contributed by atoms with Crippen LogP contribution < -0.4 is 0 Å². The van der Waals surface area contributed by atoms with E-state index in [-0.39, 0.29) is 12.5 Å². The molecule has 1 aromatic heterocycles. The maximum Gasteiger partial charge on any atom is 0.430 e. The monoisotopic (exact) mass is 581 g/mol. The van der Waals surface area contributed by atoms with Crippen LogP contribution in [0, 0.1) is 6.92 Å². The van der Waals surface area contributed by atoms with Gasteiger partial charge in [-0.3, -0.25) is 19.6 Å². The molecule has 2 aromatic carbocycles. The number of carboxylic acids is 1. The van der Waals surface area contributed by atoms with E-state index in [2.05, 4.69) is 14.8 Å². The number of aromatic nitrogens is 1. The molecule has 1 fully saturated rings. The Labute approximate surface area is 232 Å². The molecule has 0 amide bonds. The molecule has 0 aliphatic carbocycles. The molecule has 41 heavy (non-hydrogen) atoms. The molecule has 2 heterocycles. The Morgan fingerprint density at radius 2 is 1.54 bits per heavy atom. The first-order valence-corrected chi connectivity index (χ1v) is 12.8. The number of nitrogens with zero attached hydrogens (tertiary/aromatic N) is 3. The van der Waals surface area contributed by atoms with E-state index in [4.69, 9.17) is 0 Å². The normalized spacial score (nSPS) is 17.5. The SMILES string of the molecule is Cc1cc(CN2CCN(Cc3ccncc3)C[C@H]2CC(=O)O)ccc1-c1ccc(C(O)(C(F)(F)F)C(F)(F)F)cc1. The fourth-order valence-electron chi connectivity index (χ4n) is 5.21. The van der Waals surface area contributed by atoms with E-state index in [1.54, 1.807) is 31.5 Å². The second kappa shape index (κ2) is 11.8. The summed E-state index contributed by atoms with van der Waals surface area (Å²) in [6.07, 6.45) is -8.50. The van der Waals surface area contributed by atoms with Crippen LogP contribution in [0.2, 0.25) is 0 Å². The van der Waals surface area contributed by atoms with Crippen molar-refractivity contribution < 1.29 is 41.4 Å². The van der Waals surface area contributed by atoms with Crippen molar-refractivity contribution in [3.05, 3.63) is 89.2 Å². The topological polar surface area (TPSA) is 76.9 Å². The van der Waals surface area contributed by atoms with Gasteiger partial charge in [0.2, 0.25) is 0 Å². The van der Waals surface area contributed by atoms with Gasteiger partial charge in [0.1, 0.15) is 0 Å². The molecule has 0 bridgehead atoms. The quantitative estimate of drug-likeness (QED) is 0.341. The highest BCUT2D eigenvalue weighted by atomic mass is 19.4. The molecule has 3 aromatic rings. The average molecular weight is 582 g/mol. The first-order valence-electron chi connectivity index (χ1n) is 12.8. The van der Waals surface area contributed by atoms with E-state index in [0.717, 1.165) is 35.4 Å². The van der Waals surface area contributed by atoms with Crippen molar-refractivity contribution in [2.45, 2.75) is 50.4 Å². The largest absolute Gasteiger partial charge is 0.481 e. The van der Waals surface area contributed by atoms with Crippen molar-refractivity contribution in [2.24, 2.45) is 0 Å². The highest BCUT2D eigenvalue weighted by molar-refractivity contribution is 5.68. The zero-order valence-electron chi connectivity index (χ0n) is 22.1. The lowest BCUT2D eigenvalue weighted by molar-refractivity contribution is -0.376. The number of aliphatic hydroxyl groups is 1. The number of aryl methyl sites for hydroxylation is 1. The van der Waals surface area contributed by atoms with Crippen LogP contribution in [-0.2, 0) is 23.5 Å². The second-order valence-electron chi connectivity index (χ2n) is 10.2. The Kier molecular flexibility index (Phi) is 8.76. The molecule has 1 saturated heterocycles. The highest BCUT2D eigenvalue weighted by Gasteiger charge is 2.71. The number of carbonyl (C=O) groups is 1. The Morgan fingerprint density at radius 1 is 0.902 bits per heavy atom. The lowest BCUT2D eigenvalue weighted by atomic mass is 9.90. The molecule has 0 unspecified atom stereocenters. The fourth-order valence-corrected chi connectivity index (χ4v) is 5.21. The third kappa shape index (κ3) is 6.71. The van der Waals surface area contributed by atoms with Crippen LogP contribution in [0.25, 0.3) is 11.1 Å². The first-order chi connectivity index (χ1) is 19.2. The van der Waals surface area contributed by atoms with E-state index in [9.17, 15) is 41.4 Å². The third-order valence-corrected chi connectivity index (χ3v) is 7.37. The van der Waals surface area contributed by atoms with Crippen LogP contribution in [0.4, 0.5) is 26.3 Å². The molecule has 1 atom stereocenters. The van der Waals surface area contributed by atoms with E-state index in [1.807, 2.05) is 18.2 Å². The molecule has 6 nitrogen and oxygen atoms in total. The summed E-state index contributed by atoms with van der Waals surface area (Å²) in [5.41, 5.74) is -2.59. The number of piperazine rings is 1. The average Bonchev–Trinajstić information content (AvgIpc) is 2.89. The molecule has 220 valence electrons. The Hall–Kier alpha value is -3.48. The molecule has 0 spiro atoms. The smallest absolute Gasteiger partial charge is 0.430 e. The summed E-state index contributed by atoms with van der Waals surface area (Å²) in [5.74, 6) is -0.899. The summed E-state index contributed by atoms with van der Waals surface area (Å²) in [7, 11) is 0. The first kappa shape index (κ1) is 30.5. The molecule has 12 heteroatoms. The van der Waals surface area contributed by atoms with E-state index in [0.29, 0.717) is 49.4 Å². The van der Waals surface area contributed by atoms with Gasteiger partial charge in [0.25, 0.3) is 5.60 Å². The Balaban J connectivity index is 1.49. The number of pyridine rings is 1. The predicted octanol–water partition coefficient (Wildman–Crippen LogP) is 5.53. The third-order valence-electron chi connectivity index (χ3n) is 7.37. The van der Waals surface area contributed by atoms with Crippen LogP contribution >= 0.6 is 0 Å². The van der Waals surface area contributed by atoms with Crippen molar-refractivity contribution in [2.75, 3.05) is 19.6 Å². The number of hydrogen-bond donors (Lipinski definition) is 2. The summed E-state index contributed by atoms with van der Waals surface area (Å²) in [5, 5.41) is 19.1. The van der Waals surface area contributed by atoms with Crippen molar-refractivity contribution in [1.82, 2.24) is 14.8 Å². The van der Waals surface area contributed by atoms with Gasteiger partial charge in [0.15, 0.2) is 0 Å². The molecular weight excluding hydrogens is 552 g/mol. The Bertz CT molecular complexity index is 1330. The van der Waals surface area contributed by atoms with Gasteiger partial charge >= 0.3 is 18.3 Å². The standard InChI is InChI=1S/C29H29F6N3O3/c1-19-14-21(17-38-13-12-37(18-24(38)15-26(39)40)16-20-8-10-36-11-9-20)2-7-25(19)22-3-5-23(6-4-22)27(41,28(30,31)32)29(33,34)35/h2-11,14,24,41H,12-13,15-18H2,1H3,(H,39,40)/t24-/m1/s1. The van der Waals surface area contributed by atoms with Crippen molar-refractivity contribution in [1.29, 1.82) is 0 Å². The molecule has 2 N–H and O–H groups in total. The van der Waals surface area contributed by atoms with E-state index >= 15 is 0 Å². The van der Waals surface area contributed by atoms with Gasteiger partial charge in [-0.1, -0.05) is 42.5 Å². The minimum atomic E-state index is -5.95. The lowest BCUT2D eigenvalue weighted by Gasteiger charge is -2.41. The van der Waals surface area contributed by atoms with Crippen molar-refractivity contribution >= 4 is 5.97 Å². The number of carboxylic acid groups (broad SMARTS) is 1. The molecule has 0 radical (unpaired) electrons. The number of rotatable bonds is 8. The molecular formula is C29H29F6N3O3. The minimum Gasteiger partial charge on any atom is -0.481 e. The van der Waals surface area contributed by atoms with Gasteiger partial charge in [-0.15, -0.1) is 0 Å². The number of halogens is 6. The summed E-state index contributed by atoms with van der Waals surface area (Å²) in [4.78, 5) is 19.9. The van der Waals surface area contributed by atoms with Crippen LogP contribution in [0.1, 0.15) is 28.7 Å². The van der Waals surface area contributed by atoms with E-state index < -0.39 is 29.5 Å². The van der Waals surface area contributed by atoms with Crippen molar-refractivity contribution in [3.63, 3.8) is 0 Å². The number of benzene rings is 2. The maximum atomic E-state index is 13.2. The molecule has 1 aliphatic rings. The van der Waals surface area contributed by atoms with Gasteiger partial charge in [0.05, 0.1) is 6.42 Å². The van der Waals surface area contributed by atoms with Crippen molar-refractivity contribution in [3.8, 4) is 11.1 Å². The predicted molar refractivity (Wildman–Crippen MR) is 139 cm³/mol. The second-order valence-corrected chi connectivity index (χ2v) is 10.2. The van der Waals surface area contributed by atoms with Gasteiger partial charge in [-0.2, -0.15) is 26.3 Å². The van der Waals surface area contributed by atoms with Gasteiger partial charge in [-0.25, -0.2) is 0 Å². The van der Waals surface area contributed by atoms with Gasteiger partial charge in [-0.05, 0) is 46.9 Å². The Morgan fingerprint density at radius 3 is 2.10 bits per heavy atom. The van der Waals surface area contributed by atoms with Crippen LogP contribution in [0.3, 0.4) is 0 Å². The van der Waals surface area contributed by atoms with Gasteiger partial charge in [0, 0.05) is 56.7 Å². The molecule has 0 saturated carbocycles. The highest BCUT2D eigenvalue weighted by Crippen LogP contribution is 2.50. The van der Waals surface area contributed by atoms with Gasteiger partial charge < -0.3 is 10.2 Å². The summed E-state index contributed by atoms with van der Waals surface area (Å²) in [6, 6.07) is 12.5. The zero-order valence-corrected chi connectivity index (χ0v) is 22.1. The summed E-state index contributed by atoms with van der Waals surface area (Å²) < 4.78 is 79.3. The van der Waals surface area contributed by atoms with Crippen LogP contribution in [0.15, 0.2) is 67.0 Å². The van der Waals surface area contributed by atoms with Crippen LogP contribution in [0.5, 0.6) is 0 Å². The van der Waals surface area contributed by atoms with E-state index in [1.165, 1.54) is 0 Å². The lowest BCUT2D eigenvalue weighted by Crippen LogP contribution is -2.53. The minimum absolute atomic E-state index is 0.0293. The zero-order chi connectivity index (χ0) is 30.0. The number of alkyl halides is 6.